The average Bonchev–Trinajstić information content (AvgIpc) is 2.77. The third-order valence-corrected chi connectivity index (χ3v) is 6.07. The van der Waals surface area contributed by atoms with E-state index in [0.717, 1.165) is 30.8 Å². The number of carbonyl (C=O) groups is 1. The predicted molar refractivity (Wildman–Crippen MR) is 120 cm³/mol. The van der Waals surface area contributed by atoms with E-state index in [9.17, 15) is 17.6 Å². The number of sulfonamides is 1. The number of amides is 1. The van der Waals surface area contributed by atoms with Gasteiger partial charge < -0.3 is 10.2 Å². The molecule has 6 nitrogen and oxygen atoms in total. The summed E-state index contributed by atoms with van der Waals surface area (Å²) in [7, 11) is -1.83. The zero-order valence-electron chi connectivity index (χ0n) is 17.1. The summed E-state index contributed by atoms with van der Waals surface area (Å²) < 4.78 is 40.1. The molecular formula is C23H24FN3O3S. The molecule has 0 aliphatic rings. The molecule has 0 atom stereocenters. The molecule has 0 heterocycles. The minimum absolute atomic E-state index is 0.0452. The van der Waals surface area contributed by atoms with E-state index in [0.29, 0.717) is 17.8 Å². The highest BCUT2D eigenvalue weighted by Gasteiger charge is 2.14. The molecule has 0 aromatic heterocycles. The van der Waals surface area contributed by atoms with E-state index in [-0.39, 0.29) is 10.8 Å². The molecule has 0 unspecified atom stereocenters. The monoisotopic (exact) mass is 441 g/mol. The van der Waals surface area contributed by atoms with Crippen LogP contribution in [0.1, 0.15) is 16.8 Å². The van der Waals surface area contributed by atoms with Crippen molar-refractivity contribution >= 4 is 27.3 Å². The van der Waals surface area contributed by atoms with Crippen LogP contribution in [0.5, 0.6) is 0 Å². The standard InChI is InChI=1S/C23H24FN3O3S/c1-27(21-6-3-2-4-7-21)17-5-16-25-23(28)18-8-12-20(13-9-18)26-31(29,30)22-14-10-19(24)11-15-22/h2-4,6-15,26H,5,16-17H2,1H3,(H,25,28). The van der Waals surface area contributed by atoms with E-state index < -0.39 is 15.8 Å². The van der Waals surface area contributed by atoms with Crippen molar-refractivity contribution in [1.29, 1.82) is 0 Å². The predicted octanol–water partition coefficient (Wildman–Crippen LogP) is 3.88. The van der Waals surface area contributed by atoms with E-state index >= 15 is 0 Å². The van der Waals surface area contributed by atoms with Crippen LogP contribution < -0.4 is 14.9 Å². The Kier molecular flexibility index (Phi) is 7.25. The Morgan fingerprint density at radius 3 is 2.23 bits per heavy atom. The third kappa shape index (κ3) is 6.29. The summed E-state index contributed by atoms with van der Waals surface area (Å²) in [5, 5.41) is 2.86. The molecule has 0 bridgehead atoms. The first-order chi connectivity index (χ1) is 14.8. The molecule has 1 amide bonds. The molecular weight excluding hydrogens is 417 g/mol. The summed E-state index contributed by atoms with van der Waals surface area (Å²) in [6.07, 6.45) is 0.784. The summed E-state index contributed by atoms with van der Waals surface area (Å²) >= 11 is 0. The summed E-state index contributed by atoms with van der Waals surface area (Å²) in [5.74, 6) is -0.740. The fourth-order valence-electron chi connectivity index (χ4n) is 2.95. The van der Waals surface area contributed by atoms with E-state index in [2.05, 4.69) is 14.9 Å². The molecule has 0 radical (unpaired) electrons. The van der Waals surface area contributed by atoms with Gasteiger partial charge in [-0.3, -0.25) is 9.52 Å². The maximum absolute atomic E-state index is 13.0. The lowest BCUT2D eigenvalue weighted by Crippen LogP contribution is -2.28. The van der Waals surface area contributed by atoms with Crippen LogP contribution in [0.3, 0.4) is 0 Å². The highest BCUT2D eigenvalue weighted by atomic mass is 32.2. The van der Waals surface area contributed by atoms with Gasteiger partial charge in [-0.15, -0.1) is 0 Å². The van der Waals surface area contributed by atoms with Crippen LogP contribution in [0.15, 0.2) is 83.8 Å². The SMILES string of the molecule is CN(CCCNC(=O)c1ccc(NS(=O)(=O)c2ccc(F)cc2)cc1)c1ccccc1. The van der Waals surface area contributed by atoms with Crippen molar-refractivity contribution < 1.29 is 17.6 Å². The average molecular weight is 442 g/mol. The number of benzene rings is 3. The van der Waals surface area contributed by atoms with Crippen LogP contribution in [0.2, 0.25) is 0 Å². The van der Waals surface area contributed by atoms with Gasteiger partial charge in [0, 0.05) is 37.1 Å². The number of nitrogens with one attached hydrogen (secondary N) is 2. The topological polar surface area (TPSA) is 78.5 Å². The van der Waals surface area contributed by atoms with Gasteiger partial charge in [0.25, 0.3) is 15.9 Å². The largest absolute Gasteiger partial charge is 0.375 e. The summed E-state index contributed by atoms with van der Waals surface area (Å²) in [4.78, 5) is 14.4. The van der Waals surface area contributed by atoms with Gasteiger partial charge in [-0.05, 0) is 67.1 Å². The first kappa shape index (κ1) is 22.3. The van der Waals surface area contributed by atoms with E-state index in [1.54, 1.807) is 12.1 Å². The summed E-state index contributed by atoms with van der Waals surface area (Å²) in [6.45, 7) is 1.32. The van der Waals surface area contributed by atoms with Gasteiger partial charge >= 0.3 is 0 Å². The van der Waals surface area contributed by atoms with E-state index in [1.807, 2.05) is 37.4 Å². The Balaban J connectivity index is 1.49. The van der Waals surface area contributed by atoms with Gasteiger partial charge in [0.15, 0.2) is 0 Å². The smallest absolute Gasteiger partial charge is 0.261 e. The van der Waals surface area contributed by atoms with Crippen LogP contribution in [-0.2, 0) is 10.0 Å². The minimum atomic E-state index is -3.83. The number of hydrogen-bond acceptors (Lipinski definition) is 4. The molecule has 0 saturated carbocycles. The van der Waals surface area contributed by atoms with Crippen molar-refractivity contribution in [3.05, 3.63) is 90.2 Å². The lowest BCUT2D eigenvalue weighted by Gasteiger charge is -2.19. The number of nitrogens with zero attached hydrogens (tertiary/aromatic N) is 1. The number of halogens is 1. The van der Waals surface area contributed by atoms with Crippen molar-refractivity contribution in [2.75, 3.05) is 29.8 Å². The second kappa shape index (κ2) is 10.1. The highest BCUT2D eigenvalue weighted by Crippen LogP contribution is 2.17. The van der Waals surface area contributed by atoms with Gasteiger partial charge in [-0.2, -0.15) is 0 Å². The molecule has 2 N–H and O–H groups in total. The fourth-order valence-corrected chi connectivity index (χ4v) is 4.01. The molecule has 8 heteroatoms. The molecule has 3 aromatic carbocycles. The summed E-state index contributed by atoms with van der Waals surface area (Å²) in [6, 6.07) is 20.7. The number of rotatable bonds is 9. The highest BCUT2D eigenvalue weighted by molar-refractivity contribution is 7.92. The first-order valence-corrected chi connectivity index (χ1v) is 11.3. The van der Waals surface area contributed by atoms with Gasteiger partial charge in [0.2, 0.25) is 0 Å². The maximum atomic E-state index is 13.0. The van der Waals surface area contributed by atoms with E-state index in [1.165, 1.54) is 24.3 Å². The van der Waals surface area contributed by atoms with Crippen molar-refractivity contribution in [3.8, 4) is 0 Å². The van der Waals surface area contributed by atoms with Gasteiger partial charge in [0.05, 0.1) is 4.90 Å². The second-order valence-electron chi connectivity index (χ2n) is 7.00. The Morgan fingerprint density at radius 1 is 0.935 bits per heavy atom. The zero-order chi connectivity index (χ0) is 22.3. The molecule has 31 heavy (non-hydrogen) atoms. The molecule has 162 valence electrons. The van der Waals surface area contributed by atoms with E-state index in [4.69, 9.17) is 0 Å². The Labute approximate surface area is 181 Å². The molecule has 0 fully saturated rings. The molecule has 0 saturated heterocycles. The normalized spacial score (nSPS) is 11.0. The minimum Gasteiger partial charge on any atom is -0.375 e. The Bertz CT molecular complexity index is 1100. The first-order valence-electron chi connectivity index (χ1n) is 9.78. The second-order valence-corrected chi connectivity index (χ2v) is 8.69. The van der Waals surface area contributed by atoms with Crippen molar-refractivity contribution in [2.24, 2.45) is 0 Å². The fraction of sp³-hybridized carbons (Fsp3) is 0.174. The summed E-state index contributed by atoms with van der Waals surface area (Å²) in [5.41, 5.74) is 1.86. The third-order valence-electron chi connectivity index (χ3n) is 4.68. The quantitative estimate of drug-likeness (QED) is 0.494. The van der Waals surface area contributed by atoms with Gasteiger partial charge in [-0.1, -0.05) is 18.2 Å². The number of carbonyl (C=O) groups excluding carboxylic acids is 1. The molecule has 3 rings (SSSR count). The Morgan fingerprint density at radius 2 is 1.58 bits per heavy atom. The molecule has 3 aromatic rings. The van der Waals surface area contributed by atoms with Gasteiger partial charge in [0.1, 0.15) is 5.82 Å². The van der Waals surface area contributed by atoms with Crippen LogP contribution >= 0.6 is 0 Å². The van der Waals surface area contributed by atoms with Crippen molar-refractivity contribution in [2.45, 2.75) is 11.3 Å². The lowest BCUT2D eigenvalue weighted by atomic mass is 10.2. The zero-order valence-corrected chi connectivity index (χ0v) is 17.9. The van der Waals surface area contributed by atoms with Crippen LogP contribution in [0.25, 0.3) is 0 Å². The van der Waals surface area contributed by atoms with Gasteiger partial charge in [-0.25, -0.2) is 12.8 Å². The van der Waals surface area contributed by atoms with Crippen LogP contribution in [0.4, 0.5) is 15.8 Å². The van der Waals surface area contributed by atoms with Crippen LogP contribution in [-0.4, -0.2) is 34.5 Å². The van der Waals surface area contributed by atoms with Crippen molar-refractivity contribution in [1.82, 2.24) is 5.32 Å². The Hall–Kier alpha value is -3.39. The number of anilines is 2. The molecule has 0 aliphatic heterocycles. The number of para-hydroxylation sites is 1. The maximum Gasteiger partial charge on any atom is 0.261 e. The molecule has 0 aliphatic carbocycles. The van der Waals surface area contributed by atoms with Crippen LogP contribution in [0, 0.1) is 5.82 Å². The molecule has 0 spiro atoms. The van der Waals surface area contributed by atoms with Crippen molar-refractivity contribution in [3.63, 3.8) is 0 Å². The lowest BCUT2D eigenvalue weighted by molar-refractivity contribution is 0.0953. The number of hydrogen-bond donors (Lipinski definition) is 2.